The van der Waals surface area contributed by atoms with Crippen LogP contribution in [0.5, 0.6) is 0 Å². The van der Waals surface area contributed by atoms with Crippen LogP contribution in [0, 0.1) is 11.3 Å². The molecule has 1 rings (SSSR count). The first-order chi connectivity index (χ1) is 6.47. The Hall–Kier alpha value is -0.0400. The minimum atomic E-state index is 0.00821. The van der Waals surface area contributed by atoms with Gasteiger partial charge in [-0.15, -0.1) is 0 Å². The molecule has 0 aromatic rings. The number of rotatable bonds is 3. The van der Waals surface area contributed by atoms with Crippen molar-refractivity contribution in [1.29, 1.82) is 0 Å². The first-order valence-corrected chi connectivity index (χ1v) is 6.15. The van der Waals surface area contributed by atoms with Crippen molar-refractivity contribution in [2.24, 2.45) is 11.3 Å². The van der Waals surface area contributed by atoms with Crippen molar-refractivity contribution in [3.05, 3.63) is 0 Å². The maximum atomic E-state index is 9.38. The molecule has 0 atom stereocenters. The summed E-state index contributed by atoms with van der Waals surface area (Å²) >= 11 is 0. The molecule has 0 amide bonds. The molecule has 0 unspecified atom stereocenters. The molecule has 0 spiro atoms. The highest BCUT2D eigenvalue weighted by Gasteiger charge is 2.19. The van der Waals surface area contributed by atoms with Crippen LogP contribution in [-0.2, 0) is 0 Å². The molecule has 1 N–H and O–H groups in total. The van der Waals surface area contributed by atoms with E-state index < -0.39 is 0 Å². The molecule has 14 heavy (non-hydrogen) atoms. The number of hydrogen-bond acceptors (Lipinski definition) is 1. The van der Waals surface area contributed by atoms with Crippen molar-refractivity contribution in [3.8, 4) is 0 Å². The van der Waals surface area contributed by atoms with Gasteiger partial charge in [-0.3, -0.25) is 0 Å². The van der Waals surface area contributed by atoms with Crippen molar-refractivity contribution in [2.45, 2.75) is 71.8 Å². The third-order valence-corrected chi connectivity index (χ3v) is 3.36. The second-order valence-electron chi connectivity index (χ2n) is 6.13. The predicted octanol–water partition coefficient (Wildman–Crippen LogP) is 3.75. The summed E-state index contributed by atoms with van der Waals surface area (Å²) in [6.45, 7) is 6.95. The van der Waals surface area contributed by atoms with Crippen LogP contribution in [0.25, 0.3) is 0 Å². The number of aliphatic hydroxyl groups excluding tert-OH is 1. The van der Waals surface area contributed by atoms with Crippen molar-refractivity contribution < 1.29 is 5.11 Å². The first-order valence-electron chi connectivity index (χ1n) is 6.15. The highest BCUT2D eigenvalue weighted by Crippen LogP contribution is 2.30. The van der Waals surface area contributed by atoms with Gasteiger partial charge in [-0.25, -0.2) is 0 Å². The zero-order valence-corrected chi connectivity index (χ0v) is 10.1. The van der Waals surface area contributed by atoms with Gasteiger partial charge in [-0.2, -0.15) is 0 Å². The Morgan fingerprint density at radius 1 is 1.07 bits per heavy atom. The van der Waals surface area contributed by atoms with E-state index in [-0.39, 0.29) is 6.10 Å². The molecule has 1 aliphatic carbocycles. The third kappa shape index (κ3) is 4.99. The van der Waals surface area contributed by atoms with Crippen LogP contribution in [0.3, 0.4) is 0 Å². The van der Waals surface area contributed by atoms with Crippen LogP contribution in [0.15, 0.2) is 0 Å². The van der Waals surface area contributed by atoms with Gasteiger partial charge in [0.2, 0.25) is 0 Å². The molecule has 1 aliphatic rings. The van der Waals surface area contributed by atoms with E-state index in [1.165, 1.54) is 32.1 Å². The van der Waals surface area contributed by atoms with Crippen LogP contribution in [0.1, 0.15) is 65.7 Å². The Balaban J connectivity index is 2.08. The summed E-state index contributed by atoms with van der Waals surface area (Å²) in [6, 6.07) is 0. The van der Waals surface area contributed by atoms with E-state index >= 15 is 0 Å². The Morgan fingerprint density at radius 2 is 1.64 bits per heavy atom. The SMILES string of the molecule is CC(C)(C)CCCC1CCC(O)CC1. The summed E-state index contributed by atoms with van der Waals surface area (Å²) in [5.41, 5.74) is 0.494. The van der Waals surface area contributed by atoms with Gasteiger partial charge < -0.3 is 5.11 Å². The normalized spacial score (nSPS) is 29.1. The largest absolute Gasteiger partial charge is 0.393 e. The molecule has 0 heterocycles. The van der Waals surface area contributed by atoms with E-state index in [0.717, 1.165) is 18.8 Å². The molecule has 0 saturated heterocycles. The number of hydrogen-bond donors (Lipinski definition) is 1. The van der Waals surface area contributed by atoms with Crippen molar-refractivity contribution >= 4 is 0 Å². The van der Waals surface area contributed by atoms with E-state index in [9.17, 15) is 5.11 Å². The van der Waals surface area contributed by atoms with E-state index in [0.29, 0.717) is 5.41 Å². The molecule has 0 bridgehead atoms. The molecule has 84 valence electrons. The zero-order chi connectivity index (χ0) is 10.6. The predicted molar refractivity (Wildman–Crippen MR) is 61.3 cm³/mol. The smallest absolute Gasteiger partial charge is 0.0540 e. The molecular weight excluding hydrogens is 172 g/mol. The van der Waals surface area contributed by atoms with Crippen LogP contribution < -0.4 is 0 Å². The van der Waals surface area contributed by atoms with Gasteiger partial charge in [0.1, 0.15) is 0 Å². The van der Waals surface area contributed by atoms with Crippen LogP contribution >= 0.6 is 0 Å². The molecule has 0 aliphatic heterocycles. The van der Waals surface area contributed by atoms with Gasteiger partial charge in [0.05, 0.1) is 6.10 Å². The monoisotopic (exact) mass is 198 g/mol. The van der Waals surface area contributed by atoms with Crippen molar-refractivity contribution in [3.63, 3.8) is 0 Å². The first kappa shape index (κ1) is 12.0. The summed E-state index contributed by atoms with van der Waals surface area (Å²) in [7, 11) is 0. The topological polar surface area (TPSA) is 20.2 Å². The van der Waals surface area contributed by atoms with Gasteiger partial charge in [0.15, 0.2) is 0 Å². The summed E-state index contributed by atoms with van der Waals surface area (Å²) in [6.07, 6.45) is 8.69. The van der Waals surface area contributed by atoms with Crippen LogP contribution in [-0.4, -0.2) is 11.2 Å². The molecular formula is C13H26O. The Kier molecular flexibility index (Phi) is 4.43. The maximum Gasteiger partial charge on any atom is 0.0540 e. The van der Waals surface area contributed by atoms with Gasteiger partial charge in [-0.05, 0) is 43.4 Å². The van der Waals surface area contributed by atoms with E-state index in [4.69, 9.17) is 0 Å². The van der Waals surface area contributed by atoms with Crippen LogP contribution in [0.4, 0.5) is 0 Å². The molecule has 0 aromatic heterocycles. The second-order valence-corrected chi connectivity index (χ2v) is 6.13. The summed E-state index contributed by atoms with van der Waals surface area (Å²) in [5, 5.41) is 9.38. The fourth-order valence-corrected chi connectivity index (χ4v) is 2.35. The quantitative estimate of drug-likeness (QED) is 0.732. The highest BCUT2D eigenvalue weighted by atomic mass is 16.3. The molecule has 1 heteroatoms. The average Bonchev–Trinajstić information content (AvgIpc) is 2.06. The zero-order valence-electron chi connectivity index (χ0n) is 10.1. The summed E-state index contributed by atoms with van der Waals surface area (Å²) < 4.78 is 0. The Bertz CT molecular complexity index is 149. The van der Waals surface area contributed by atoms with Crippen molar-refractivity contribution in [1.82, 2.24) is 0 Å². The van der Waals surface area contributed by atoms with Gasteiger partial charge in [-0.1, -0.05) is 33.6 Å². The van der Waals surface area contributed by atoms with Gasteiger partial charge in [0.25, 0.3) is 0 Å². The molecule has 0 aromatic carbocycles. The lowest BCUT2D eigenvalue weighted by Crippen LogP contribution is -2.18. The fraction of sp³-hybridized carbons (Fsp3) is 1.00. The van der Waals surface area contributed by atoms with E-state index in [2.05, 4.69) is 20.8 Å². The van der Waals surface area contributed by atoms with Crippen molar-refractivity contribution in [2.75, 3.05) is 0 Å². The molecule has 1 fully saturated rings. The average molecular weight is 198 g/mol. The lowest BCUT2D eigenvalue weighted by Gasteiger charge is -2.26. The molecule has 1 saturated carbocycles. The summed E-state index contributed by atoms with van der Waals surface area (Å²) in [4.78, 5) is 0. The Labute approximate surface area is 88.9 Å². The lowest BCUT2D eigenvalue weighted by atomic mass is 9.82. The van der Waals surface area contributed by atoms with Gasteiger partial charge >= 0.3 is 0 Å². The number of aliphatic hydroxyl groups is 1. The van der Waals surface area contributed by atoms with E-state index in [1.807, 2.05) is 0 Å². The molecule has 1 nitrogen and oxygen atoms in total. The van der Waals surface area contributed by atoms with E-state index in [1.54, 1.807) is 0 Å². The summed E-state index contributed by atoms with van der Waals surface area (Å²) in [5.74, 6) is 0.903. The van der Waals surface area contributed by atoms with Gasteiger partial charge in [0, 0.05) is 0 Å². The standard InChI is InChI=1S/C13H26O/c1-13(2,3)10-4-5-11-6-8-12(14)9-7-11/h11-12,14H,4-10H2,1-3H3. The second kappa shape index (κ2) is 5.16. The minimum absolute atomic E-state index is 0.00821. The Morgan fingerprint density at radius 3 is 2.14 bits per heavy atom. The highest BCUT2D eigenvalue weighted by molar-refractivity contribution is 4.72. The molecule has 0 radical (unpaired) electrons. The fourth-order valence-electron chi connectivity index (χ4n) is 2.35. The van der Waals surface area contributed by atoms with Crippen LogP contribution in [0.2, 0.25) is 0 Å². The third-order valence-electron chi connectivity index (χ3n) is 3.36. The minimum Gasteiger partial charge on any atom is -0.393 e. The maximum absolute atomic E-state index is 9.38. The lowest BCUT2D eigenvalue weighted by molar-refractivity contribution is 0.105.